The van der Waals surface area contributed by atoms with Gasteiger partial charge in [-0.2, -0.15) is 0 Å². The summed E-state index contributed by atoms with van der Waals surface area (Å²) in [5.41, 5.74) is 5.62. The number of carbonyl (C=O) groups is 2. The van der Waals surface area contributed by atoms with Gasteiger partial charge in [0.05, 0.1) is 12.6 Å². The molecule has 0 saturated carbocycles. The van der Waals surface area contributed by atoms with Crippen LogP contribution in [0.15, 0.2) is 97.2 Å². The van der Waals surface area contributed by atoms with Gasteiger partial charge < -0.3 is 25.6 Å². The van der Waals surface area contributed by atoms with Crippen molar-refractivity contribution in [1.82, 2.24) is 10.3 Å². The zero-order valence-corrected chi connectivity index (χ0v) is 23.4. The number of ether oxygens (including phenoxy) is 1. The maximum absolute atomic E-state index is 12.3. The van der Waals surface area contributed by atoms with E-state index in [0.29, 0.717) is 18.1 Å². The van der Waals surface area contributed by atoms with Crippen molar-refractivity contribution in [3.8, 4) is 17.0 Å². The van der Waals surface area contributed by atoms with Crippen LogP contribution in [0.2, 0.25) is 0 Å². The van der Waals surface area contributed by atoms with Crippen LogP contribution in [0.5, 0.6) is 5.88 Å². The lowest BCUT2D eigenvalue weighted by Crippen LogP contribution is -2.36. The minimum Gasteiger partial charge on any atom is -0.479 e. The first-order chi connectivity index (χ1) is 19.6. The van der Waals surface area contributed by atoms with Gasteiger partial charge in [0, 0.05) is 29.1 Å². The van der Waals surface area contributed by atoms with Crippen LogP contribution in [-0.4, -0.2) is 46.3 Å². The summed E-state index contributed by atoms with van der Waals surface area (Å²) < 4.78 is 6.08. The molecule has 8 heteroatoms. The number of hydrogen-bond donors (Lipinski definition) is 4. The molecule has 0 spiro atoms. The number of nitrogens with zero attached hydrogens (tertiary/aromatic N) is 1. The van der Waals surface area contributed by atoms with Gasteiger partial charge in [0.15, 0.2) is 6.10 Å². The number of aliphatic hydroxyl groups is 1. The Balaban J connectivity index is 1.40. The molecule has 1 aromatic heterocycles. The number of nitrogens with one attached hydrogen (secondary N) is 2. The molecule has 0 unspecified atom stereocenters. The molecule has 0 aliphatic carbocycles. The van der Waals surface area contributed by atoms with Crippen molar-refractivity contribution >= 4 is 17.6 Å². The third-order valence-corrected chi connectivity index (χ3v) is 6.65. The molecular formula is C33H35N3O5. The van der Waals surface area contributed by atoms with E-state index in [2.05, 4.69) is 60.7 Å². The fourth-order valence-electron chi connectivity index (χ4n) is 4.17. The van der Waals surface area contributed by atoms with Gasteiger partial charge in [0.25, 0.3) is 5.91 Å². The highest BCUT2D eigenvalue weighted by Crippen LogP contribution is 2.27. The van der Waals surface area contributed by atoms with Crippen LogP contribution in [0.4, 0.5) is 5.69 Å². The highest BCUT2D eigenvalue weighted by molar-refractivity contribution is 5.94. The maximum atomic E-state index is 12.3. The Morgan fingerprint density at radius 3 is 2.12 bits per heavy atom. The van der Waals surface area contributed by atoms with Gasteiger partial charge in [-0.1, -0.05) is 75.4 Å². The van der Waals surface area contributed by atoms with Crippen molar-refractivity contribution in [2.75, 3.05) is 18.5 Å². The first kappa shape index (κ1) is 29.3. The number of carbonyl (C=O) groups excluding carboxylic acids is 1. The number of benzene rings is 3. The van der Waals surface area contributed by atoms with Gasteiger partial charge in [-0.05, 0) is 52.4 Å². The van der Waals surface area contributed by atoms with Gasteiger partial charge >= 0.3 is 5.97 Å². The van der Waals surface area contributed by atoms with Crippen molar-refractivity contribution in [1.29, 1.82) is 0 Å². The molecular weight excluding hydrogens is 518 g/mol. The van der Waals surface area contributed by atoms with Crippen LogP contribution in [0, 0.1) is 0 Å². The van der Waals surface area contributed by atoms with Crippen LogP contribution in [-0.2, 0) is 10.2 Å². The summed E-state index contributed by atoms with van der Waals surface area (Å²) in [5.74, 6) is -1.35. The molecule has 4 rings (SSSR count). The number of aliphatic hydroxyl groups excluding tert-OH is 1. The predicted octanol–water partition coefficient (Wildman–Crippen LogP) is 5.45. The molecule has 0 aliphatic rings. The van der Waals surface area contributed by atoms with Crippen molar-refractivity contribution in [3.63, 3.8) is 0 Å². The van der Waals surface area contributed by atoms with E-state index in [1.807, 2.05) is 48.7 Å². The normalized spacial score (nSPS) is 12.7. The van der Waals surface area contributed by atoms with Crippen molar-refractivity contribution < 1.29 is 24.5 Å². The first-order valence-corrected chi connectivity index (χ1v) is 13.4. The van der Waals surface area contributed by atoms with E-state index in [1.54, 1.807) is 24.3 Å². The van der Waals surface area contributed by atoms with E-state index in [4.69, 9.17) is 9.84 Å². The standard InChI is InChI=1S/C33H35N3O5/c1-33(2,3)26-14-9-22(10-15-26)25-13-18-30(34-19-25)41-21-28(23-7-5-4-6-8-23)36-27-16-11-24(12-17-27)31(38)35-20-29(37)32(39)40/h4-19,28-29,36-37H,20-21H2,1-3H3,(H,35,38)(H,39,40)/t28-,29-/m1/s1. The number of rotatable bonds is 11. The molecule has 8 nitrogen and oxygen atoms in total. The topological polar surface area (TPSA) is 121 Å². The van der Waals surface area contributed by atoms with E-state index in [9.17, 15) is 14.7 Å². The van der Waals surface area contributed by atoms with Crippen molar-refractivity contribution in [3.05, 3.63) is 114 Å². The molecule has 0 radical (unpaired) electrons. The highest BCUT2D eigenvalue weighted by atomic mass is 16.5. The Labute approximate surface area is 240 Å². The van der Waals surface area contributed by atoms with Crippen molar-refractivity contribution in [2.45, 2.75) is 38.3 Å². The Morgan fingerprint density at radius 2 is 1.54 bits per heavy atom. The second-order valence-corrected chi connectivity index (χ2v) is 10.8. The molecule has 0 bridgehead atoms. The zero-order valence-electron chi connectivity index (χ0n) is 23.4. The number of carboxylic acid groups (broad SMARTS) is 1. The number of aromatic nitrogens is 1. The Bertz CT molecular complexity index is 1430. The summed E-state index contributed by atoms with van der Waals surface area (Å²) in [6.45, 7) is 6.52. The van der Waals surface area contributed by atoms with E-state index in [1.165, 1.54) is 5.56 Å². The molecule has 212 valence electrons. The minimum absolute atomic E-state index is 0.0995. The molecule has 0 saturated heterocycles. The summed E-state index contributed by atoms with van der Waals surface area (Å²) in [7, 11) is 0. The Hall–Kier alpha value is -4.69. The van der Waals surface area contributed by atoms with E-state index < -0.39 is 18.0 Å². The number of anilines is 1. The molecule has 3 aromatic carbocycles. The molecule has 4 N–H and O–H groups in total. The lowest BCUT2D eigenvalue weighted by Gasteiger charge is -2.21. The molecule has 0 aliphatic heterocycles. The number of hydrogen-bond acceptors (Lipinski definition) is 6. The first-order valence-electron chi connectivity index (χ1n) is 13.4. The second-order valence-electron chi connectivity index (χ2n) is 10.8. The average Bonchev–Trinajstić information content (AvgIpc) is 2.98. The predicted molar refractivity (Wildman–Crippen MR) is 159 cm³/mol. The number of amides is 1. The monoisotopic (exact) mass is 553 g/mol. The third-order valence-electron chi connectivity index (χ3n) is 6.65. The Kier molecular flexibility index (Phi) is 9.37. The summed E-state index contributed by atoms with van der Waals surface area (Å²) >= 11 is 0. The second kappa shape index (κ2) is 13.1. The molecule has 4 aromatic rings. The van der Waals surface area contributed by atoms with E-state index in [0.717, 1.165) is 22.4 Å². The maximum Gasteiger partial charge on any atom is 0.334 e. The average molecular weight is 554 g/mol. The van der Waals surface area contributed by atoms with Gasteiger partial charge in [-0.3, -0.25) is 4.79 Å². The number of carboxylic acids is 1. The highest BCUT2D eigenvalue weighted by Gasteiger charge is 2.17. The van der Waals surface area contributed by atoms with Crippen molar-refractivity contribution in [2.24, 2.45) is 0 Å². The lowest BCUT2D eigenvalue weighted by atomic mass is 9.86. The van der Waals surface area contributed by atoms with E-state index >= 15 is 0 Å². The van der Waals surface area contributed by atoms with Gasteiger partial charge in [0.2, 0.25) is 5.88 Å². The quantitative estimate of drug-likeness (QED) is 0.195. The smallest absolute Gasteiger partial charge is 0.334 e. The van der Waals surface area contributed by atoms with Crippen LogP contribution >= 0.6 is 0 Å². The number of pyridine rings is 1. The van der Waals surface area contributed by atoms with Gasteiger partial charge in [0.1, 0.15) is 6.61 Å². The minimum atomic E-state index is -1.66. The summed E-state index contributed by atoms with van der Waals surface area (Å²) in [6, 6.07) is 28.9. The van der Waals surface area contributed by atoms with Crippen LogP contribution in [0.3, 0.4) is 0 Å². The van der Waals surface area contributed by atoms with Gasteiger partial charge in [-0.15, -0.1) is 0 Å². The third kappa shape index (κ3) is 8.16. The summed E-state index contributed by atoms with van der Waals surface area (Å²) in [6.07, 6.45) is 0.156. The van der Waals surface area contributed by atoms with E-state index in [-0.39, 0.29) is 18.0 Å². The fraction of sp³-hybridized carbons (Fsp3) is 0.242. The molecule has 41 heavy (non-hydrogen) atoms. The SMILES string of the molecule is CC(C)(C)c1ccc(-c2ccc(OC[C@@H](Nc3ccc(C(=O)NC[C@@H](O)C(=O)O)cc3)c3ccccc3)nc2)cc1. The van der Waals surface area contributed by atoms with Crippen LogP contribution < -0.4 is 15.4 Å². The summed E-state index contributed by atoms with van der Waals surface area (Å²) in [4.78, 5) is 27.6. The molecule has 2 atom stereocenters. The van der Waals surface area contributed by atoms with Crippen LogP contribution in [0.25, 0.3) is 11.1 Å². The Morgan fingerprint density at radius 1 is 0.878 bits per heavy atom. The lowest BCUT2D eigenvalue weighted by molar-refractivity contribution is -0.146. The van der Waals surface area contributed by atoms with Crippen LogP contribution in [0.1, 0.15) is 48.3 Å². The fourth-order valence-corrected chi connectivity index (χ4v) is 4.17. The number of aliphatic carboxylic acids is 1. The van der Waals surface area contributed by atoms with Gasteiger partial charge in [-0.25, -0.2) is 9.78 Å². The zero-order chi connectivity index (χ0) is 29.4. The summed E-state index contributed by atoms with van der Waals surface area (Å²) in [5, 5.41) is 24.0. The molecule has 1 amide bonds. The molecule has 1 heterocycles. The largest absolute Gasteiger partial charge is 0.479 e. The molecule has 0 fully saturated rings.